The van der Waals surface area contributed by atoms with Gasteiger partial charge in [-0.2, -0.15) is 0 Å². The van der Waals surface area contributed by atoms with Crippen molar-refractivity contribution >= 4 is 52.6 Å². The van der Waals surface area contributed by atoms with Crippen LogP contribution in [0.5, 0.6) is 0 Å². The molecule has 3 amide bonds. The van der Waals surface area contributed by atoms with E-state index in [4.69, 9.17) is 5.73 Å². The number of hydrogen-bond donors (Lipinski definition) is 2. The van der Waals surface area contributed by atoms with Gasteiger partial charge in [-0.05, 0) is 22.9 Å². The Morgan fingerprint density at radius 3 is 2.90 bits per heavy atom. The predicted octanol–water partition coefficient (Wildman–Crippen LogP) is -1.24. The van der Waals surface area contributed by atoms with Crippen molar-refractivity contribution in [2.45, 2.75) is 29.2 Å². The van der Waals surface area contributed by atoms with Gasteiger partial charge in [0.05, 0.1) is 0 Å². The van der Waals surface area contributed by atoms with Gasteiger partial charge in [0.1, 0.15) is 35.0 Å². The summed E-state index contributed by atoms with van der Waals surface area (Å²) in [5.74, 6) is -0.418. The monoisotopic (exact) mass is 453 g/mol. The highest BCUT2D eigenvalue weighted by Crippen LogP contribution is 2.41. The number of amides is 3. The molecule has 2 aromatic heterocycles. The molecular formula is C14H15N9O3S3. The summed E-state index contributed by atoms with van der Waals surface area (Å²) in [5, 5.41) is 21.7. The van der Waals surface area contributed by atoms with E-state index in [2.05, 4.69) is 31.0 Å². The van der Waals surface area contributed by atoms with Crippen LogP contribution in [0.4, 0.5) is 0 Å². The Hall–Kier alpha value is -2.52. The second-order valence-corrected chi connectivity index (χ2v) is 9.66. The van der Waals surface area contributed by atoms with Gasteiger partial charge in [-0.3, -0.25) is 19.3 Å². The molecular weight excluding hydrogens is 438 g/mol. The molecule has 0 spiro atoms. The molecule has 0 unspecified atom stereocenters. The van der Waals surface area contributed by atoms with Crippen LogP contribution in [0.3, 0.4) is 0 Å². The molecule has 2 aromatic rings. The van der Waals surface area contributed by atoms with Gasteiger partial charge in [0.2, 0.25) is 5.91 Å². The number of carbonyl (C=O) groups excluding carboxylic acids is 3. The highest BCUT2D eigenvalue weighted by molar-refractivity contribution is 8.01. The van der Waals surface area contributed by atoms with Crippen molar-refractivity contribution in [1.82, 2.24) is 40.6 Å². The first kappa shape index (κ1) is 19.8. The molecule has 2 atom stereocenters. The van der Waals surface area contributed by atoms with E-state index in [0.717, 1.165) is 14.9 Å². The highest BCUT2D eigenvalue weighted by atomic mass is 32.2. The number of nitrogens with zero attached hydrogens (tertiary/aromatic N) is 7. The molecule has 0 aliphatic carbocycles. The predicted molar refractivity (Wildman–Crippen MR) is 104 cm³/mol. The molecule has 3 N–H and O–H groups in total. The van der Waals surface area contributed by atoms with E-state index in [1.807, 2.05) is 6.92 Å². The van der Waals surface area contributed by atoms with Crippen molar-refractivity contribution in [3.63, 3.8) is 0 Å². The summed E-state index contributed by atoms with van der Waals surface area (Å²) in [7, 11) is 0. The van der Waals surface area contributed by atoms with Crippen LogP contribution in [0, 0.1) is 6.92 Å². The van der Waals surface area contributed by atoms with Crippen molar-refractivity contribution in [2.75, 3.05) is 11.5 Å². The average molecular weight is 454 g/mol. The molecule has 4 heterocycles. The number of nitrogens with two attached hydrogens (primary N) is 1. The lowest BCUT2D eigenvalue weighted by Crippen LogP contribution is -2.71. The second-order valence-electron chi connectivity index (χ2n) is 6.15. The Balaban J connectivity index is 1.44. The number of β-lactam (4-membered cyclic amide) rings is 1. The summed E-state index contributed by atoms with van der Waals surface area (Å²) < 4.78 is 2.04. The van der Waals surface area contributed by atoms with Gasteiger partial charge in [0, 0.05) is 11.5 Å². The molecule has 0 bridgehead atoms. The summed E-state index contributed by atoms with van der Waals surface area (Å²) in [6.07, 6.45) is 1.31. The molecule has 29 heavy (non-hydrogen) atoms. The van der Waals surface area contributed by atoms with Crippen molar-refractivity contribution in [2.24, 2.45) is 5.73 Å². The van der Waals surface area contributed by atoms with Crippen LogP contribution in [0.15, 0.2) is 21.9 Å². The van der Waals surface area contributed by atoms with Crippen LogP contribution in [-0.2, 0) is 20.9 Å². The van der Waals surface area contributed by atoms with E-state index in [-0.39, 0.29) is 23.5 Å². The topological polar surface area (TPSA) is 162 Å². The Bertz CT molecular complexity index is 990. The standard InChI is InChI=1S/C14H15N9O3S3/c1-6-18-19-14(29-6)28-4-7-3-27-13-9(12(26)23(13)10(7)11(15)25)17-8(24)2-22-5-16-20-21-22/h5,9,13H,2-4H2,1H3,(H2,15,25)(H,17,24)/t9-,13-/m1/s1. The minimum Gasteiger partial charge on any atom is -0.364 e. The van der Waals surface area contributed by atoms with Crippen LogP contribution in [0.25, 0.3) is 0 Å². The van der Waals surface area contributed by atoms with E-state index in [9.17, 15) is 14.4 Å². The van der Waals surface area contributed by atoms with Crippen LogP contribution in [-0.4, -0.2) is 75.9 Å². The first-order valence-corrected chi connectivity index (χ1v) is 11.2. The molecule has 0 saturated carbocycles. The maximum absolute atomic E-state index is 12.7. The molecule has 15 heteroatoms. The first-order chi connectivity index (χ1) is 13.9. The lowest BCUT2D eigenvalue weighted by molar-refractivity contribution is -0.147. The van der Waals surface area contributed by atoms with Crippen LogP contribution in [0.1, 0.15) is 5.01 Å². The minimum atomic E-state index is -0.724. The number of hydrogen-bond acceptors (Lipinski definition) is 11. The van der Waals surface area contributed by atoms with Crippen LogP contribution < -0.4 is 11.1 Å². The Kier molecular flexibility index (Phi) is 5.51. The molecule has 0 aromatic carbocycles. The SMILES string of the molecule is Cc1nnc(SCC2=C(C(N)=O)N3C(=O)[C@@H](NC(=O)Cn4cnnn4)[C@H]3SC2)s1. The third-order valence-corrected chi connectivity index (χ3v) is 7.57. The minimum absolute atomic E-state index is 0.101. The van der Waals surface area contributed by atoms with E-state index >= 15 is 0 Å². The number of aryl methyl sites for hydroxylation is 1. The smallest absolute Gasteiger partial charge is 0.265 e. The zero-order valence-corrected chi connectivity index (χ0v) is 17.5. The van der Waals surface area contributed by atoms with Crippen molar-refractivity contribution < 1.29 is 14.4 Å². The molecule has 2 aliphatic heterocycles. The fourth-order valence-corrected chi connectivity index (χ4v) is 6.24. The molecule has 2 aliphatic rings. The maximum Gasteiger partial charge on any atom is 0.265 e. The van der Waals surface area contributed by atoms with E-state index in [0.29, 0.717) is 11.5 Å². The molecule has 0 radical (unpaired) electrons. The lowest BCUT2D eigenvalue weighted by atomic mass is 10.0. The fourth-order valence-electron chi connectivity index (χ4n) is 2.94. The van der Waals surface area contributed by atoms with Crippen LogP contribution >= 0.6 is 34.9 Å². The Labute approximate surface area is 176 Å². The number of thioether (sulfide) groups is 2. The average Bonchev–Trinajstić information content (AvgIpc) is 3.35. The largest absolute Gasteiger partial charge is 0.364 e. The van der Waals surface area contributed by atoms with Gasteiger partial charge in [0.25, 0.3) is 11.8 Å². The third-order valence-electron chi connectivity index (χ3n) is 4.17. The zero-order valence-electron chi connectivity index (χ0n) is 15.0. The molecule has 4 rings (SSSR count). The van der Waals surface area contributed by atoms with Gasteiger partial charge in [-0.1, -0.05) is 23.1 Å². The van der Waals surface area contributed by atoms with Gasteiger partial charge in [-0.25, -0.2) is 4.68 Å². The van der Waals surface area contributed by atoms with Gasteiger partial charge in [-0.15, -0.1) is 27.1 Å². The summed E-state index contributed by atoms with van der Waals surface area (Å²) in [6.45, 7) is 1.76. The molecule has 152 valence electrons. The second kappa shape index (κ2) is 8.08. The number of tetrazole rings is 1. The summed E-state index contributed by atoms with van der Waals surface area (Å²) in [4.78, 5) is 38.2. The lowest BCUT2D eigenvalue weighted by Gasteiger charge is -2.49. The summed E-state index contributed by atoms with van der Waals surface area (Å²) in [5.41, 5.74) is 6.54. The Morgan fingerprint density at radius 2 is 2.24 bits per heavy atom. The van der Waals surface area contributed by atoms with Gasteiger partial charge >= 0.3 is 0 Å². The van der Waals surface area contributed by atoms with Crippen LogP contribution in [0.2, 0.25) is 0 Å². The van der Waals surface area contributed by atoms with Crippen molar-refractivity contribution in [3.05, 3.63) is 22.6 Å². The number of primary amides is 1. The molecule has 1 fully saturated rings. The fraction of sp³-hybridized carbons (Fsp3) is 0.429. The van der Waals surface area contributed by atoms with Gasteiger partial charge < -0.3 is 11.1 Å². The van der Waals surface area contributed by atoms with Gasteiger partial charge in [0.15, 0.2) is 4.34 Å². The summed E-state index contributed by atoms with van der Waals surface area (Å²) >= 11 is 4.39. The summed E-state index contributed by atoms with van der Waals surface area (Å²) in [6, 6.07) is -0.724. The van der Waals surface area contributed by atoms with E-state index in [1.165, 1.54) is 50.8 Å². The Morgan fingerprint density at radius 1 is 1.41 bits per heavy atom. The quantitative estimate of drug-likeness (QED) is 0.383. The van der Waals surface area contributed by atoms with E-state index in [1.54, 1.807) is 0 Å². The number of nitrogens with one attached hydrogen (secondary N) is 1. The number of aromatic nitrogens is 6. The zero-order chi connectivity index (χ0) is 20.5. The number of rotatable bonds is 7. The number of fused-ring (bicyclic) bond motifs is 1. The third kappa shape index (κ3) is 3.97. The van der Waals surface area contributed by atoms with E-state index < -0.39 is 17.9 Å². The highest BCUT2D eigenvalue weighted by Gasteiger charge is 2.53. The first-order valence-electron chi connectivity index (χ1n) is 8.33. The molecule has 1 saturated heterocycles. The van der Waals surface area contributed by atoms with Crippen molar-refractivity contribution in [1.29, 1.82) is 0 Å². The maximum atomic E-state index is 12.7. The number of carbonyl (C=O) groups is 3. The normalized spacial score (nSPS) is 21.0. The molecule has 12 nitrogen and oxygen atoms in total. The van der Waals surface area contributed by atoms with Crippen molar-refractivity contribution in [3.8, 4) is 0 Å².